The van der Waals surface area contributed by atoms with Crippen LogP contribution in [0.1, 0.15) is 44.0 Å². The van der Waals surface area contributed by atoms with E-state index < -0.39 is 24.5 Å². The number of hydrogen-bond acceptors (Lipinski definition) is 8. The lowest BCUT2D eigenvalue weighted by molar-refractivity contribution is -0.0368. The molecule has 0 amide bonds. The minimum absolute atomic E-state index is 0.402. The van der Waals surface area contributed by atoms with Crippen molar-refractivity contribution < 1.29 is 14.9 Å². The average molecular weight is 410 g/mol. The zero-order chi connectivity index (χ0) is 20.5. The third-order valence-corrected chi connectivity index (χ3v) is 6.08. The molecular weight excluding hydrogens is 384 g/mol. The molecular formula is C21H26N6O3. The number of fused-ring (bicyclic) bond motifs is 1. The summed E-state index contributed by atoms with van der Waals surface area (Å²) in [5.74, 6) is 0.699. The van der Waals surface area contributed by atoms with E-state index in [2.05, 4.69) is 25.3 Å². The normalized spacial score (nSPS) is 27.1. The summed E-state index contributed by atoms with van der Waals surface area (Å²) in [6.07, 6.45) is 7.43. The van der Waals surface area contributed by atoms with Crippen LogP contribution in [0.4, 0.5) is 5.82 Å². The molecule has 2 aliphatic rings. The van der Waals surface area contributed by atoms with E-state index in [0.29, 0.717) is 35.9 Å². The van der Waals surface area contributed by atoms with Crippen LogP contribution in [0.3, 0.4) is 0 Å². The lowest BCUT2D eigenvalue weighted by Gasteiger charge is -2.17. The number of imidazole rings is 1. The Morgan fingerprint density at radius 3 is 2.73 bits per heavy atom. The maximum Gasteiger partial charge on any atom is 0.167 e. The van der Waals surface area contributed by atoms with Gasteiger partial charge < -0.3 is 20.3 Å². The van der Waals surface area contributed by atoms with Gasteiger partial charge >= 0.3 is 0 Å². The summed E-state index contributed by atoms with van der Waals surface area (Å²) >= 11 is 0. The van der Waals surface area contributed by atoms with Crippen LogP contribution in [0.5, 0.6) is 0 Å². The van der Waals surface area contributed by atoms with Gasteiger partial charge in [0, 0.05) is 17.9 Å². The SMILES string of the molecule is OC1C(CCc2ccccn2)OC(n2cnc3c(NC4CCCC4)ncnc32)C1O. The number of aliphatic hydroxyl groups excluding tert-OH is 2. The first-order valence-electron chi connectivity index (χ1n) is 10.6. The van der Waals surface area contributed by atoms with Crippen LogP contribution in [0.2, 0.25) is 0 Å². The lowest BCUT2D eigenvalue weighted by atomic mass is 10.0. The number of ether oxygens (including phenoxy) is 1. The highest BCUT2D eigenvalue weighted by molar-refractivity contribution is 5.82. The van der Waals surface area contributed by atoms with Gasteiger partial charge in [-0.1, -0.05) is 18.9 Å². The Hall–Kier alpha value is -2.62. The van der Waals surface area contributed by atoms with Gasteiger partial charge in [-0.05, 0) is 37.8 Å². The minimum atomic E-state index is -1.07. The predicted octanol–water partition coefficient (Wildman–Crippen LogP) is 1.83. The summed E-state index contributed by atoms with van der Waals surface area (Å²) in [7, 11) is 0. The smallest absolute Gasteiger partial charge is 0.167 e. The topological polar surface area (TPSA) is 118 Å². The highest BCUT2D eigenvalue weighted by Crippen LogP contribution is 2.34. The molecule has 3 aromatic rings. The molecule has 4 heterocycles. The third-order valence-electron chi connectivity index (χ3n) is 6.08. The summed E-state index contributed by atoms with van der Waals surface area (Å²) in [6.45, 7) is 0. The second kappa shape index (κ2) is 8.25. The molecule has 1 saturated heterocycles. The molecule has 1 saturated carbocycles. The Labute approximate surface area is 174 Å². The number of aromatic nitrogens is 5. The standard InChI is InChI=1S/C21H26N6O3/c28-17-15(9-8-13-5-3-4-10-22-13)30-21(18(17)29)27-12-25-16-19(23-11-24-20(16)27)26-14-6-1-2-7-14/h3-5,10-12,14-15,17-18,21,28-29H,1-2,6-9H2,(H,23,24,26). The number of anilines is 1. The molecule has 158 valence electrons. The Morgan fingerprint density at radius 1 is 1.07 bits per heavy atom. The summed E-state index contributed by atoms with van der Waals surface area (Å²) in [5.41, 5.74) is 2.15. The van der Waals surface area contributed by atoms with Crippen LogP contribution in [0.15, 0.2) is 37.1 Å². The van der Waals surface area contributed by atoms with E-state index in [1.54, 1.807) is 17.1 Å². The van der Waals surface area contributed by atoms with Gasteiger partial charge in [0.2, 0.25) is 0 Å². The maximum absolute atomic E-state index is 10.7. The van der Waals surface area contributed by atoms with Crippen LogP contribution < -0.4 is 5.32 Å². The second-order valence-corrected chi connectivity index (χ2v) is 8.08. The molecule has 0 aromatic carbocycles. The summed E-state index contributed by atoms with van der Waals surface area (Å²) in [6, 6.07) is 6.14. The van der Waals surface area contributed by atoms with Crippen molar-refractivity contribution in [3.05, 3.63) is 42.7 Å². The van der Waals surface area contributed by atoms with Crippen molar-refractivity contribution in [2.75, 3.05) is 5.32 Å². The molecule has 0 bridgehead atoms. The van der Waals surface area contributed by atoms with E-state index in [0.717, 1.165) is 18.5 Å². The molecule has 30 heavy (non-hydrogen) atoms. The average Bonchev–Trinajstić information content (AvgIpc) is 3.49. The molecule has 9 heteroatoms. The zero-order valence-corrected chi connectivity index (χ0v) is 16.6. The number of hydrogen-bond donors (Lipinski definition) is 3. The number of aryl methyl sites for hydroxylation is 1. The largest absolute Gasteiger partial charge is 0.388 e. The molecule has 1 aliphatic carbocycles. The van der Waals surface area contributed by atoms with Crippen LogP contribution >= 0.6 is 0 Å². The van der Waals surface area contributed by atoms with E-state index in [4.69, 9.17) is 4.74 Å². The number of nitrogens with zero attached hydrogens (tertiary/aromatic N) is 5. The van der Waals surface area contributed by atoms with E-state index in [9.17, 15) is 10.2 Å². The minimum Gasteiger partial charge on any atom is -0.388 e. The Morgan fingerprint density at radius 2 is 1.93 bits per heavy atom. The zero-order valence-electron chi connectivity index (χ0n) is 16.6. The van der Waals surface area contributed by atoms with Crippen molar-refractivity contribution in [3.63, 3.8) is 0 Å². The molecule has 3 aromatic heterocycles. The fourth-order valence-electron chi connectivity index (χ4n) is 4.44. The monoisotopic (exact) mass is 410 g/mol. The van der Waals surface area contributed by atoms with Crippen molar-refractivity contribution in [2.45, 2.75) is 69.1 Å². The van der Waals surface area contributed by atoms with Crippen LogP contribution in [0, 0.1) is 0 Å². The van der Waals surface area contributed by atoms with Gasteiger partial charge in [0.1, 0.15) is 18.5 Å². The van der Waals surface area contributed by atoms with E-state index in [-0.39, 0.29) is 0 Å². The fraction of sp³-hybridized carbons (Fsp3) is 0.524. The summed E-state index contributed by atoms with van der Waals surface area (Å²) in [4.78, 5) is 17.5. The molecule has 2 fully saturated rings. The molecule has 1 aliphatic heterocycles. The van der Waals surface area contributed by atoms with Gasteiger partial charge in [-0.2, -0.15) is 0 Å². The van der Waals surface area contributed by atoms with Crippen molar-refractivity contribution in [1.82, 2.24) is 24.5 Å². The number of nitrogens with one attached hydrogen (secondary N) is 1. The van der Waals surface area contributed by atoms with Crippen molar-refractivity contribution in [2.24, 2.45) is 0 Å². The van der Waals surface area contributed by atoms with Gasteiger partial charge in [0.05, 0.1) is 12.4 Å². The van der Waals surface area contributed by atoms with Gasteiger partial charge in [-0.3, -0.25) is 9.55 Å². The third kappa shape index (κ3) is 3.64. The number of aliphatic hydroxyl groups is 2. The van der Waals surface area contributed by atoms with Crippen molar-refractivity contribution in [1.29, 1.82) is 0 Å². The maximum atomic E-state index is 10.7. The molecule has 4 atom stereocenters. The van der Waals surface area contributed by atoms with Crippen LogP contribution in [-0.2, 0) is 11.2 Å². The first kappa shape index (κ1) is 19.3. The first-order chi connectivity index (χ1) is 14.7. The number of rotatable bonds is 6. The summed E-state index contributed by atoms with van der Waals surface area (Å²) < 4.78 is 7.73. The predicted molar refractivity (Wildman–Crippen MR) is 110 cm³/mol. The molecule has 0 radical (unpaired) electrons. The van der Waals surface area contributed by atoms with Crippen molar-refractivity contribution in [3.8, 4) is 0 Å². The molecule has 0 spiro atoms. The van der Waals surface area contributed by atoms with E-state index in [1.165, 1.54) is 19.2 Å². The fourth-order valence-corrected chi connectivity index (χ4v) is 4.44. The van der Waals surface area contributed by atoms with Crippen molar-refractivity contribution >= 4 is 17.0 Å². The van der Waals surface area contributed by atoms with E-state index >= 15 is 0 Å². The van der Waals surface area contributed by atoms with E-state index in [1.807, 2.05) is 18.2 Å². The summed E-state index contributed by atoms with van der Waals surface area (Å²) in [5, 5.41) is 24.7. The van der Waals surface area contributed by atoms with Gasteiger partial charge in [0.25, 0.3) is 0 Å². The Bertz CT molecular complexity index is 991. The molecule has 4 unspecified atom stereocenters. The van der Waals surface area contributed by atoms with Crippen LogP contribution in [-0.4, -0.2) is 59.1 Å². The molecule has 5 rings (SSSR count). The van der Waals surface area contributed by atoms with Gasteiger partial charge in [-0.25, -0.2) is 15.0 Å². The number of pyridine rings is 1. The highest BCUT2D eigenvalue weighted by Gasteiger charge is 2.44. The molecule has 9 nitrogen and oxygen atoms in total. The molecule has 3 N–H and O–H groups in total. The van der Waals surface area contributed by atoms with Crippen LogP contribution in [0.25, 0.3) is 11.2 Å². The highest BCUT2D eigenvalue weighted by atomic mass is 16.6. The quantitative estimate of drug-likeness (QED) is 0.563. The lowest BCUT2D eigenvalue weighted by Crippen LogP contribution is -2.31. The Balaban J connectivity index is 1.34. The first-order valence-corrected chi connectivity index (χ1v) is 10.6. The van der Waals surface area contributed by atoms with Gasteiger partial charge in [-0.15, -0.1) is 0 Å². The van der Waals surface area contributed by atoms with Gasteiger partial charge in [0.15, 0.2) is 23.2 Å². The Kier molecular flexibility index (Phi) is 5.32. The second-order valence-electron chi connectivity index (χ2n) is 8.08.